The van der Waals surface area contributed by atoms with Gasteiger partial charge >= 0.3 is 0 Å². The summed E-state index contributed by atoms with van der Waals surface area (Å²) in [6, 6.07) is 7.78. The Morgan fingerprint density at radius 2 is 2.05 bits per heavy atom. The largest absolute Gasteiger partial charge is 0.384 e. The summed E-state index contributed by atoms with van der Waals surface area (Å²) in [7, 11) is 0. The van der Waals surface area contributed by atoms with E-state index in [1.165, 1.54) is 0 Å². The third-order valence-electron chi connectivity index (χ3n) is 2.84. The van der Waals surface area contributed by atoms with Crippen LogP contribution < -0.4 is 10.6 Å². The molecule has 0 unspecified atom stereocenters. The summed E-state index contributed by atoms with van der Waals surface area (Å²) >= 11 is 10.1. The number of thiol groups is 1. The zero-order valence-corrected chi connectivity index (χ0v) is 12.3. The van der Waals surface area contributed by atoms with Crippen LogP contribution in [0.3, 0.4) is 0 Å². The van der Waals surface area contributed by atoms with Crippen molar-refractivity contribution >= 4 is 40.8 Å². The molecule has 102 valence electrons. The third kappa shape index (κ3) is 4.27. The first-order valence-electron chi connectivity index (χ1n) is 6.41. The lowest BCUT2D eigenvalue weighted by Gasteiger charge is -2.09. The summed E-state index contributed by atoms with van der Waals surface area (Å²) < 4.78 is 0. The fraction of sp³-hybridized carbons (Fsp3) is 0.357. The number of aromatic nitrogens is 1. The number of anilines is 1. The number of nitrogens with zero attached hydrogens (tertiary/aromatic N) is 1. The molecule has 0 atom stereocenters. The molecule has 3 nitrogen and oxygen atoms in total. The molecule has 0 amide bonds. The van der Waals surface area contributed by atoms with Gasteiger partial charge in [-0.2, -0.15) is 12.6 Å². The molecule has 0 fully saturated rings. The van der Waals surface area contributed by atoms with Crippen molar-refractivity contribution in [3.63, 3.8) is 0 Å². The minimum Gasteiger partial charge on any atom is -0.384 e. The highest BCUT2D eigenvalue weighted by atomic mass is 35.5. The molecule has 2 rings (SSSR count). The Morgan fingerprint density at radius 3 is 2.89 bits per heavy atom. The summed E-state index contributed by atoms with van der Waals surface area (Å²) in [6.07, 6.45) is 2.88. The van der Waals surface area contributed by atoms with E-state index in [1.54, 1.807) is 6.20 Å². The molecule has 1 aromatic heterocycles. The van der Waals surface area contributed by atoms with Crippen LogP contribution in [0.1, 0.15) is 6.42 Å². The summed E-state index contributed by atoms with van der Waals surface area (Å²) in [4.78, 5) is 4.33. The number of nitrogens with one attached hydrogen (secondary N) is 2. The standard InChI is InChI=1S/C14H18ClN3S/c15-11-2-3-12-13(4-7-18-14(12)10-11)17-6-1-5-16-8-9-19/h2-4,7,10,16,19H,1,5-6,8-9H2,(H,17,18). The second-order valence-electron chi connectivity index (χ2n) is 4.27. The van der Waals surface area contributed by atoms with Crippen LogP contribution >= 0.6 is 24.2 Å². The average molecular weight is 296 g/mol. The monoisotopic (exact) mass is 295 g/mol. The average Bonchev–Trinajstić information content (AvgIpc) is 2.42. The number of halogens is 1. The van der Waals surface area contributed by atoms with Crippen molar-refractivity contribution < 1.29 is 0 Å². The van der Waals surface area contributed by atoms with Crippen molar-refractivity contribution in [2.45, 2.75) is 6.42 Å². The van der Waals surface area contributed by atoms with Crippen molar-refractivity contribution in [2.75, 3.05) is 30.7 Å². The quantitative estimate of drug-likeness (QED) is 0.542. The summed E-state index contributed by atoms with van der Waals surface area (Å²) in [5.74, 6) is 0.878. The van der Waals surface area contributed by atoms with Gasteiger partial charge in [-0.05, 0) is 37.2 Å². The number of hydrogen-bond donors (Lipinski definition) is 3. The lowest BCUT2D eigenvalue weighted by atomic mass is 10.2. The maximum atomic E-state index is 5.97. The zero-order valence-electron chi connectivity index (χ0n) is 10.7. The van der Waals surface area contributed by atoms with E-state index >= 15 is 0 Å². The molecule has 0 radical (unpaired) electrons. The molecule has 0 aliphatic rings. The first-order valence-corrected chi connectivity index (χ1v) is 7.42. The molecular formula is C14H18ClN3S. The highest BCUT2D eigenvalue weighted by Crippen LogP contribution is 2.24. The smallest absolute Gasteiger partial charge is 0.0737 e. The Bertz CT molecular complexity index is 533. The van der Waals surface area contributed by atoms with Gasteiger partial charge in [-0.1, -0.05) is 11.6 Å². The van der Waals surface area contributed by atoms with Crippen LogP contribution in [-0.4, -0.2) is 30.4 Å². The Balaban J connectivity index is 1.93. The van der Waals surface area contributed by atoms with Gasteiger partial charge in [0.15, 0.2) is 0 Å². The summed E-state index contributed by atoms with van der Waals surface area (Å²) in [5, 5.41) is 8.58. The molecule has 1 aromatic carbocycles. The molecule has 0 spiro atoms. The molecule has 2 aromatic rings. The Morgan fingerprint density at radius 1 is 1.16 bits per heavy atom. The lowest BCUT2D eigenvalue weighted by molar-refractivity contribution is 0.693. The maximum Gasteiger partial charge on any atom is 0.0737 e. The lowest BCUT2D eigenvalue weighted by Crippen LogP contribution is -2.20. The Labute approximate surface area is 124 Å². The predicted molar refractivity (Wildman–Crippen MR) is 86.6 cm³/mol. The molecule has 0 saturated carbocycles. The molecule has 0 aliphatic carbocycles. The van der Waals surface area contributed by atoms with Crippen molar-refractivity contribution in [2.24, 2.45) is 0 Å². The second kappa shape index (κ2) is 7.58. The van der Waals surface area contributed by atoms with E-state index < -0.39 is 0 Å². The Kier molecular flexibility index (Phi) is 5.76. The first kappa shape index (κ1) is 14.4. The first-order chi connectivity index (χ1) is 9.31. The van der Waals surface area contributed by atoms with Gasteiger partial charge in [0.2, 0.25) is 0 Å². The van der Waals surface area contributed by atoms with E-state index in [-0.39, 0.29) is 0 Å². The fourth-order valence-corrected chi connectivity index (χ4v) is 2.24. The number of pyridine rings is 1. The van der Waals surface area contributed by atoms with Crippen molar-refractivity contribution in [1.29, 1.82) is 0 Å². The van der Waals surface area contributed by atoms with Crippen LogP contribution in [0.2, 0.25) is 5.02 Å². The second-order valence-corrected chi connectivity index (χ2v) is 5.16. The minimum atomic E-state index is 0.716. The maximum absolute atomic E-state index is 5.97. The van der Waals surface area contributed by atoms with Crippen LogP contribution in [-0.2, 0) is 0 Å². The number of rotatable bonds is 7. The van der Waals surface area contributed by atoms with E-state index in [9.17, 15) is 0 Å². The molecule has 0 aliphatic heterocycles. The van der Waals surface area contributed by atoms with E-state index in [2.05, 4.69) is 28.2 Å². The molecule has 0 bridgehead atoms. The molecule has 5 heteroatoms. The molecule has 19 heavy (non-hydrogen) atoms. The van der Waals surface area contributed by atoms with Gasteiger partial charge in [-0.3, -0.25) is 4.98 Å². The third-order valence-corrected chi connectivity index (χ3v) is 3.30. The van der Waals surface area contributed by atoms with Crippen LogP contribution in [0.15, 0.2) is 30.5 Å². The predicted octanol–water partition coefficient (Wildman–Crippen LogP) is 3.21. The Hall–Kier alpha value is -0.970. The number of benzene rings is 1. The van der Waals surface area contributed by atoms with E-state index in [1.807, 2.05) is 24.3 Å². The highest BCUT2D eigenvalue weighted by Gasteiger charge is 2.01. The number of fused-ring (bicyclic) bond motifs is 1. The fourth-order valence-electron chi connectivity index (χ4n) is 1.92. The molecule has 2 N–H and O–H groups in total. The van der Waals surface area contributed by atoms with Gasteiger partial charge in [0.1, 0.15) is 0 Å². The van der Waals surface area contributed by atoms with Crippen LogP contribution in [0, 0.1) is 0 Å². The molecular weight excluding hydrogens is 278 g/mol. The molecule has 0 saturated heterocycles. The van der Waals surface area contributed by atoms with E-state index in [0.717, 1.165) is 48.4 Å². The van der Waals surface area contributed by atoms with Gasteiger partial charge in [-0.15, -0.1) is 0 Å². The topological polar surface area (TPSA) is 37.0 Å². The summed E-state index contributed by atoms with van der Waals surface area (Å²) in [6.45, 7) is 2.89. The van der Waals surface area contributed by atoms with Gasteiger partial charge in [0.05, 0.1) is 5.52 Å². The van der Waals surface area contributed by atoms with Gasteiger partial charge in [0.25, 0.3) is 0 Å². The van der Waals surface area contributed by atoms with Gasteiger partial charge < -0.3 is 10.6 Å². The van der Waals surface area contributed by atoms with E-state index in [4.69, 9.17) is 11.6 Å². The minimum absolute atomic E-state index is 0.716. The SMILES string of the molecule is SCCNCCCNc1ccnc2cc(Cl)ccc12. The molecule has 1 heterocycles. The van der Waals surface area contributed by atoms with Crippen LogP contribution in [0.25, 0.3) is 10.9 Å². The normalized spacial score (nSPS) is 10.8. The van der Waals surface area contributed by atoms with Crippen LogP contribution in [0.4, 0.5) is 5.69 Å². The van der Waals surface area contributed by atoms with Crippen LogP contribution in [0.5, 0.6) is 0 Å². The van der Waals surface area contributed by atoms with Gasteiger partial charge in [0, 0.05) is 41.1 Å². The zero-order chi connectivity index (χ0) is 13.5. The summed E-state index contributed by atoms with van der Waals surface area (Å²) in [5.41, 5.74) is 2.03. The van der Waals surface area contributed by atoms with Crippen molar-refractivity contribution in [3.05, 3.63) is 35.5 Å². The van der Waals surface area contributed by atoms with Crippen molar-refractivity contribution in [3.8, 4) is 0 Å². The van der Waals surface area contributed by atoms with Crippen molar-refractivity contribution in [1.82, 2.24) is 10.3 Å². The number of hydrogen-bond acceptors (Lipinski definition) is 4. The van der Waals surface area contributed by atoms with E-state index in [0.29, 0.717) is 5.02 Å². The van der Waals surface area contributed by atoms with Gasteiger partial charge in [-0.25, -0.2) is 0 Å². The highest BCUT2D eigenvalue weighted by molar-refractivity contribution is 7.80.